The number of carbonyl (C=O) groups excluding carboxylic acids is 1. The monoisotopic (exact) mass is 383 g/mol. The summed E-state index contributed by atoms with van der Waals surface area (Å²) in [5.74, 6) is 1.49. The van der Waals surface area contributed by atoms with Gasteiger partial charge in [0, 0.05) is 28.5 Å². The van der Waals surface area contributed by atoms with Crippen molar-refractivity contribution in [3.8, 4) is 11.5 Å². The summed E-state index contributed by atoms with van der Waals surface area (Å²) >= 11 is 6.01. The van der Waals surface area contributed by atoms with Crippen molar-refractivity contribution in [1.82, 2.24) is 4.98 Å². The lowest BCUT2D eigenvalue weighted by molar-refractivity contribution is 0.102. The van der Waals surface area contributed by atoms with Gasteiger partial charge in [0.15, 0.2) is 0 Å². The lowest BCUT2D eigenvalue weighted by Gasteiger charge is -2.11. The molecular formula is C20H18ClN3O3. The molecule has 3 rings (SSSR count). The average Bonchev–Trinajstić information content (AvgIpc) is 2.68. The van der Waals surface area contributed by atoms with Crippen LogP contribution in [0.4, 0.5) is 17.2 Å². The largest absolute Gasteiger partial charge is 0.497 e. The van der Waals surface area contributed by atoms with Gasteiger partial charge in [-0.15, -0.1) is 0 Å². The Morgan fingerprint density at radius 3 is 2.67 bits per heavy atom. The highest BCUT2D eigenvalue weighted by atomic mass is 35.5. The zero-order chi connectivity index (χ0) is 19.2. The second-order valence-corrected chi connectivity index (χ2v) is 6.02. The first-order valence-electron chi connectivity index (χ1n) is 8.11. The molecule has 0 aliphatic heterocycles. The van der Waals surface area contributed by atoms with E-state index in [1.807, 2.05) is 24.3 Å². The highest BCUT2D eigenvalue weighted by molar-refractivity contribution is 6.31. The molecule has 27 heavy (non-hydrogen) atoms. The minimum Gasteiger partial charge on any atom is -0.497 e. The molecule has 2 aromatic carbocycles. The lowest BCUT2D eigenvalue weighted by atomic mass is 10.2. The van der Waals surface area contributed by atoms with Gasteiger partial charge < -0.3 is 20.1 Å². The summed E-state index contributed by atoms with van der Waals surface area (Å²) in [6.45, 7) is 0. The van der Waals surface area contributed by atoms with Crippen molar-refractivity contribution in [2.24, 2.45) is 0 Å². The summed E-state index contributed by atoms with van der Waals surface area (Å²) in [7, 11) is 3.13. The van der Waals surface area contributed by atoms with Crippen LogP contribution in [0, 0.1) is 0 Å². The number of ether oxygens (including phenoxy) is 2. The predicted octanol–water partition coefficient (Wildman–Crippen LogP) is 4.75. The predicted molar refractivity (Wildman–Crippen MR) is 106 cm³/mol. The number of pyridine rings is 1. The third-order valence-electron chi connectivity index (χ3n) is 3.77. The van der Waals surface area contributed by atoms with Crippen molar-refractivity contribution in [2.45, 2.75) is 0 Å². The molecular weight excluding hydrogens is 366 g/mol. The standard InChI is InChI=1S/C20H18ClN3O3/c1-26-16-5-3-4-15(12-16)23-19-10-13(8-9-22-19)20(25)24-17-11-14(21)6-7-18(17)27-2/h3-12H,1-2H3,(H,22,23)(H,24,25). The second kappa shape index (κ2) is 8.42. The van der Waals surface area contributed by atoms with Crippen molar-refractivity contribution in [2.75, 3.05) is 24.9 Å². The van der Waals surface area contributed by atoms with E-state index in [9.17, 15) is 4.79 Å². The minimum atomic E-state index is -0.299. The van der Waals surface area contributed by atoms with Gasteiger partial charge in [0.05, 0.1) is 19.9 Å². The molecule has 0 unspecified atom stereocenters. The molecule has 1 amide bonds. The van der Waals surface area contributed by atoms with E-state index in [1.165, 1.54) is 7.11 Å². The summed E-state index contributed by atoms with van der Waals surface area (Å²) in [4.78, 5) is 16.9. The Balaban J connectivity index is 1.78. The quantitative estimate of drug-likeness (QED) is 0.642. The highest BCUT2D eigenvalue weighted by Gasteiger charge is 2.11. The van der Waals surface area contributed by atoms with Crippen molar-refractivity contribution < 1.29 is 14.3 Å². The van der Waals surface area contributed by atoms with Crippen LogP contribution >= 0.6 is 11.6 Å². The fourth-order valence-electron chi connectivity index (χ4n) is 2.46. The number of benzene rings is 2. The Morgan fingerprint density at radius 1 is 1.04 bits per heavy atom. The van der Waals surface area contributed by atoms with Gasteiger partial charge in [-0.05, 0) is 42.5 Å². The normalized spacial score (nSPS) is 10.2. The molecule has 0 spiro atoms. The topological polar surface area (TPSA) is 72.5 Å². The van der Waals surface area contributed by atoms with Crippen LogP contribution in [0.15, 0.2) is 60.8 Å². The lowest BCUT2D eigenvalue weighted by Crippen LogP contribution is -2.13. The summed E-state index contributed by atoms with van der Waals surface area (Å²) in [6.07, 6.45) is 1.56. The number of nitrogens with one attached hydrogen (secondary N) is 2. The highest BCUT2D eigenvalue weighted by Crippen LogP contribution is 2.28. The number of halogens is 1. The molecule has 0 bridgehead atoms. The third kappa shape index (κ3) is 4.68. The van der Waals surface area contributed by atoms with Crippen LogP contribution < -0.4 is 20.1 Å². The van der Waals surface area contributed by atoms with E-state index in [1.54, 1.807) is 43.6 Å². The van der Waals surface area contributed by atoms with E-state index < -0.39 is 0 Å². The van der Waals surface area contributed by atoms with E-state index >= 15 is 0 Å². The fraction of sp³-hybridized carbons (Fsp3) is 0.100. The van der Waals surface area contributed by atoms with Crippen LogP contribution in [-0.4, -0.2) is 25.1 Å². The Kier molecular flexibility index (Phi) is 5.78. The molecule has 0 atom stereocenters. The molecule has 1 aromatic heterocycles. The van der Waals surface area contributed by atoms with Crippen LogP contribution in [0.2, 0.25) is 5.02 Å². The van der Waals surface area contributed by atoms with Gasteiger partial charge in [0.25, 0.3) is 5.91 Å². The summed E-state index contributed by atoms with van der Waals surface area (Å²) in [6, 6.07) is 15.7. The van der Waals surface area contributed by atoms with E-state index in [-0.39, 0.29) is 5.91 Å². The molecule has 0 saturated heterocycles. The molecule has 6 nitrogen and oxygen atoms in total. The number of rotatable bonds is 6. The van der Waals surface area contributed by atoms with E-state index in [0.717, 1.165) is 11.4 Å². The van der Waals surface area contributed by atoms with E-state index in [2.05, 4.69) is 15.6 Å². The molecule has 3 aromatic rings. The van der Waals surface area contributed by atoms with E-state index in [4.69, 9.17) is 21.1 Å². The molecule has 0 fully saturated rings. The van der Waals surface area contributed by atoms with Crippen LogP contribution in [0.3, 0.4) is 0 Å². The SMILES string of the molecule is COc1cccc(Nc2cc(C(=O)Nc3cc(Cl)ccc3OC)ccn2)c1. The first-order chi connectivity index (χ1) is 13.1. The first kappa shape index (κ1) is 18.5. The third-order valence-corrected chi connectivity index (χ3v) is 4.01. The number of methoxy groups -OCH3 is 2. The number of anilines is 3. The van der Waals surface area contributed by atoms with Crippen molar-refractivity contribution >= 4 is 34.7 Å². The number of aromatic nitrogens is 1. The van der Waals surface area contributed by atoms with Gasteiger partial charge in [0.1, 0.15) is 17.3 Å². The van der Waals surface area contributed by atoms with Gasteiger partial charge >= 0.3 is 0 Å². The molecule has 0 radical (unpaired) electrons. The first-order valence-corrected chi connectivity index (χ1v) is 8.49. The van der Waals surface area contributed by atoms with Gasteiger partial charge in [-0.2, -0.15) is 0 Å². The molecule has 0 saturated carbocycles. The molecule has 138 valence electrons. The number of nitrogens with zero attached hydrogens (tertiary/aromatic N) is 1. The second-order valence-electron chi connectivity index (χ2n) is 5.59. The maximum absolute atomic E-state index is 12.6. The van der Waals surface area contributed by atoms with Crippen LogP contribution in [-0.2, 0) is 0 Å². The molecule has 7 heteroatoms. The van der Waals surface area contributed by atoms with E-state index in [0.29, 0.717) is 27.8 Å². The summed E-state index contributed by atoms with van der Waals surface area (Å²) < 4.78 is 10.5. The van der Waals surface area contributed by atoms with Gasteiger partial charge in [-0.25, -0.2) is 4.98 Å². The van der Waals surface area contributed by atoms with Crippen molar-refractivity contribution in [3.63, 3.8) is 0 Å². The number of hydrogen-bond donors (Lipinski definition) is 2. The Bertz CT molecular complexity index is 963. The summed E-state index contributed by atoms with van der Waals surface area (Å²) in [5, 5.41) is 6.46. The van der Waals surface area contributed by atoms with Crippen LogP contribution in [0.25, 0.3) is 0 Å². The molecule has 0 aliphatic carbocycles. The maximum Gasteiger partial charge on any atom is 0.255 e. The van der Waals surface area contributed by atoms with Gasteiger partial charge in [-0.3, -0.25) is 4.79 Å². The Hall–Kier alpha value is -3.25. The van der Waals surface area contributed by atoms with Crippen molar-refractivity contribution in [1.29, 1.82) is 0 Å². The smallest absolute Gasteiger partial charge is 0.255 e. The average molecular weight is 384 g/mol. The van der Waals surface area contributed by atoms with Crippen LogP contribution in [0.5, 0.6) is 11.5 Å². The number of amides is 1. The maximum atomic E-state index is 12.6. The van der Waals surface area contributed by atoms with Gasteiger partial charge in [-0.1, -0.05) is 17.7 Å². The minimum absolute atomic E-state index is 0.299. The van der Waals surface area contributed by atoms with Crippen LogP contribution in [0.1, 0.15) is 10.4 Å². The van der Waals surface area contributed by atoms with Crippen molar-refractivity contribution in [3.05, 3.63) is 71.4 Å². The fourth-order valence-corrected chi connectivity index (χ4v) is 2.63. The molecule has 0 aliphatic rings. The summed E-state index contributed by atoms with van der Waals surface area (Å²) in [5.41, 5.74) is 1.74. The zero-order valence-electron chi connectivity index (χ0n) is 14.8. The Morgan fingerprint density at radius 2 is 1.89 bits per heavy atom. The molecule has 2 N–H and O–H groups in total. The molecule has 1 heterocycles. The number of hydrogen-bond acceptors (Lipinski definition) is 5. The number of carbonyl (C=O) groups is 1. The zero-order valence-corrected chi connectivity index (χ0v) is 15.6. The van der Waals surface area contributed by atoms with Gasteiger partial charge in [0.2, 0.25) is 0 Å². The Labute approximate surface area is 162 Å².